The number of hydrazine groups is 1. The highest BCUT2D eigenvalue weighted by molar-refractivity contribution is 5.97. The minimum atomic E-state index is -4.47. The first-order valence-corrected chi connectivity index (χ1v) is 6.26. The molecule has 0 saturated heterocycles. The number of aryl methyl sites for hydroxylation is 1. The molecule has 1 unspecified atom stereocenters. The zero-order chi connectivity index (χ0) is 15.9. The van der Waals surface area contributed by atoms with E-state index in [-0.39, 0.29) is 5.69 Å². The second kappa shape index (κ2) is 5.07. The van der Waals surface area contributed by atoms with E-state index in [1.807, 2.05) is 0 Å². The SMILES string of the molecule is CC1=C(C)C(O)N(Nc2cc(C(F)(F)F)ccc2C)C1=O. The van der Waals surface area contributed by atoms with Gasteiger partial charge in [0.05, 0.1) is 11.3 Å². The fourth-order valence-electron chi connectivity index (χ4n) is 2.01. The maximum absolute atomic E-state index is 12.7. The molecular formula is C14H15F3N2O2. The van der Waals surface area contributed by atoms with Gasteiger partial charge in [0.1, 0.15) is 0 Å². The highest BCUT2D eigenvalue weighted by Crippen LogP contribution is 2.33. The number of amides is 1. The van der Waals surface area contributed by atoms with Gasteiger partial charge in [0.2, 0.25) is 0 Å². The summed E-state index contributed by atoms with van der Waals surface area (Å²) in [6.07, 6.45) is -5.66. The van der Waals surface area contributed by atoms with Gasteiger partial charge in [-0.3, -0.25) is 10.2 Å². The van der Waals surface area contributed by atoms with Crippen LogP contribution in [0.4, 0.5) is 18.9 Å². The maximum Gasteiger partial charge on any atom is 0.416 e. The topological polar surface area (TPSA) is 52.6 Å². The van der Waals surface area contributed by atoms with Crippen LogP contribution in [0.3, 0.4) is 0 Å². The number of rotatable bonds is 2. The minimum absolute atomic E-state index is 0.125. The first-order chi connectivity index (χ1) is 9.62. The van der Waals surface area contributed by atoms with Crippen molar-refractivity contribution in [2.75, 3.05) is 5.43 Å². The van der Waals surface area contributed by atoms with Crippen LogP contribution in [0.1, 0.15) is 25.0 Å². The zero-order valence-electron chi connectivity index (χ0n) is 11.7. The van der Waals surface area contributed by atoms with Crippen molar-refractivity contribution >= 4 is 11.6 Å². The van der Waals surface area contributed by atoms with Gasteiger partial charge in [-0.25, -0.2) is 5.01 Å². The lowest BCUT2D eigenvalue weighted by Crippen LogP contribution is -2.40. The molecule has 0 aliphatic carbocycles. The Balaban J connectivity index is 2.31. The summed E-state index contributed by atoms with van der Waals surface area (Å²) >= 11 is 0. The van der Waals surface area contributed by atoms with Crippen molar-refractivity contribution in [2.24, 2.45) is 0 Å². The largest absolute Gasteiger partial charge is 0.416 e. The molecule has 114 valence electrons. The number of hydrogen-bond acceptors (Lipinski definition) is 3. The molecule has 1 heterocycles. The fraction of sp³-hybridized carbons (Fsp3) is 0.357. The second-order valence-corrected chi connectivity index (χ2v) is 5.00. The molecule has 0 fully saturated rings. The molecule has 0 bridgehead atoms. The molecule has 4 nitrogen and oxygen atoms in total. The molecule has 1 atom stereocenters. The van der Waals surface area contributed by atoms with Crippen LogP contribution in [0, 0.1) is 6.92 Å². The molecule has 1 aromatic carbocycles. The second-order valence-electron chi connectivity index (χ2n) is 5.00. The van der Waals surface area contributed by atoms with E-state index in [0.29, 0.717) is 16.7 Å². The quantitative estimate of drug-likeness (QED) is 0.883. The molecule has 2 N–H and O–H groups in total. The van der Waals surface area contributed by atoms with Crippen LogP contribution >= 0.6 is 0 Å². The Morgan fingerprint density at radius 2 is 1.86 bits per heavy atom. The monoisotopic (exact) mass is 300 g/mol. The highest BCUT2D eigenvalue weighted by atomic mass is 19.4. The third-order valence-electron chi connectivity index (χ3n) is 3.57. The molecule has 1 aromatic rings. The molecule has 1 aliphatic heterocycles. The lowest BCUT2D eigenvalue weighted by molar-refractivity contribution is -0.137. The van der Waals surface area contributed by atoms with Gasteiger partial charge in [0.15, 0.2) is 6.23 Å². The number of halogens is 3. The van der Waals surface area contributed by atoms with E-state index in [9.17, 15) is 23.1 Å². The fourth-order valence-corrected chi connectivity index (χ4v) is 2.01. The highest BCUT2D eigenvalue weighted by Gasteiger charge is 2.35. The van der Waals surface area contributed by atoms with Crippen LogP contribution in [0.5, 0.6) is 0 Å². The van der Waals surface area contributed by atoms with E-state index in [4.69, 9.17) is 0 Å². The Bertz CT molecular complexity index is 623. The summed E-state index contributed by atoms with van der Waals surface area (Å²) in [5.74, 6) is -0.461. The molecule has 7 heteroatoms. The van der Waals surface area contributed by atoms with Gasteiger partial charge < -0.3 is 5.11 Å². The summed E-state index contributed by atoms with van der Waals surface area (Å²) in [5.41, 5.74) is 3.25. The number of nitrogens with zero attached hydrogens (tertiary/aromatic N) is 1. The number of hydrogen-bond donors (Lipinski definition) is 2. The van der Waals surface area contributed by atoms with Crippen LogP contribution < -0.4 is 5.43 Å². The first kappa shape index (κ1) is 15.4. The third kappa shape index (κ3) is 2.73. The van der Waals surface area contributed by atoms with Crippen LogP contribution in [-0.2, 0) is 11.0 Å². The number of aliphatic hydroxyl groups is 1. The van der Waals surface area contributed by atoms with Gasteiger partial charge >= 0.3 is 6.18 Å². The van der Waals surface area contributed by atoms with Gasteiger partial charge in [-0.15, -0.1) is 0 Å². The molecular weight excluding hydrogens is 285 g/mol. The van der Waals surface area contributed by atoms with Gasteiger partial charge in [0, 0.05) is 5.57 Å². The van der Waals surface area contributed by atoms with Crippen molar-refractivity contribution in [1.82, 2.24) is 5.01 Å². The number of aliphatic hydroxyl groups excluding tert-OH is 1. The first-order valence-electron chi connectivity index (χ1n) is 6.26. The number of carbonyl (C=O) groups is 1. The lowest BCUT2D eigenvalue weighted by atomic mass is 10.1. The Morgan fingerprint density at radius 1 is 1.24 bits per heavy atom. The van der Waals surface area contributed by atoms with Crippen molar-refractivity contribution in [1.29, 1.82) is 0 Å². The van der Waals surface area contributed by atoms with Crippen LogP contribution in [0.15, 0.2) is 29.3 Å². The predicted octanol–water partition coefficient (Wildman–Crippen LogP) is 2.84. The summed E-state index contributed by atoms with van der Waals surface area (Å²) in [5, 5.41) is 10.9. The van der Waals surface area contributed by atoms with Crippen molar-refractivity contribution in [2.45, 2.75) is 33.2 Å². The molecule has 1 amide bonds. The van der Waals surface area contributed by atoms with Gasteiger partial charge in [-0.05, 0) is 44.0 Å². The molecule has 0 spiro atoms. The van der Waals surface area contributed by atoms with Gasteiger partial charge in [-0.2, -0.15) is 13.2 Å². The molecule has 2 rings (SSSR count). The van der Waals surface area contributed by atoms with Crippen LogP contribution in [-0.4, -0.2) is 22.3 Å². The Labute approximate surface area is 119 Å². The molecule has 0 radical (unpaired) electrons. The molecule has 21 heavy (non-hydrogen) atoms. The zero-order valence-corrected chi connectivity index (χ0v) is 11.7. The van der Waals surface area contributed by atoms with E-state index in [2.05, 4.69) is 5.43 Å². The smallest absolute Gasteiger partial charge is 0.368 e. The van der Waals surface area contributed by atoms with Crippen molar-refractivity contribution in [3.63, 3.8) is 0 Å². The molecule has 0 saturated carbocycles. The summed E-state index contributed by atoms with van der Waals surface area (Å²) in [7, 11) is 0. The Morgan fingerprint density at radius 3 is 2.33 bits per heavy atom. The van der Waals surface area contributed by atoms with E-state index >= 15 is 0 Å². The maximum atomic E-state index is 12.7. The minimum Gasteiger partial charge on any atom is -0.368 e. The average Bonchev–Trinajstić information content (AvgIpc) is 2.57. The summed E-state index contributed by atoms with van der Waals surface area (Å²) in [6.45, 7) is 4.77. The van der Waals surface area contributed by atoms with Crippen LogP contribution in [0.2, 0.25) is 0 Å². The lowest BCUT2D eigenvalue weighted by Gasteiger charge is -2.25. The standard InChI is InChI=1S/C14H15F3N2O2/c1-7-4-5-10(14(15,16)17)6-11(7)18-19-12(20)8(2)9(3)13(19)21/h4-6,12,18,20H,1-3H3. The Hall–Kier alpha value is -2.02. The van der Waals surface area contributed by atoms with Crippen molar-refractivity contribution in [3.8, 4) is 0 Å². The van der Waals surface area contributed by atoms with Crippen LogP contribution in [0.25, 0.3) is 0 Å². The average molecular weight is 300 g/mol. The third-order valence-corrected chi connectivity index (χ3v) is 3.57. The number of benzene rings is 1. The molecule has 1 aliphatic rings. The number of nitrogens with one attached hydrogen (secondary N) is 1. The summed E-state index contributed by atoms with van der Waals surface area (Å²) in [4.78, 5) is 11.9. The van der Waals surface area contributed by atoms with Crippen molar-refractivity contribution in [3.05, 3.63) is 40.5 Å². The van der Waals surface area contributed by atoms with E-state index in [1.54, 1.807) is 20.8 Å². The van der Waals surface area contributed by atoms with Crippen molar-refractivity contribution < 1.29 is 23.1 Å². The summed E-state index contributed by atoms with van der Waals surface area (Å²) < 4.78 is 38.2. The number of alkyl halides is 3. The number of anilines is 1. The van der Waals surface area contributed by atoms with Gasteiger partial charge in [0.25, 0.3) is 5.91 Å². The van der Waals surface area contributed by atoms with E-state index in [1.165, 1.54) is 6.07 Å². The van der Waals surface area contributed by atoms with Gasteiger partial charge in [-0.1, -0.05) is 6.07 Å². The summed E-state index contributed by atoms with van der Waals surface area (Å²) in [6, 6.07) is 3.20. The Kier molecular flexibility index (Phi) is 3.71. The van der Waals surface area contributed by atoms with E-state index < -0.39 is 23.9 Å². The number of carbonyl (C=O) groups excluding carboxylic acids is 1. The predicted molar refractivity (Wildman–Crippen MR) is 71.0 cm³/mol. The normalized spacial score (nSPS) is 19.5. The van der Waals surface area contributed by atoms with E-state index in [0.717, 1.165) is 17.1 Å². The molecule has 0 aromatic heterocycles.